The van der Waals surface area contributed by atoms with Gasteiger partial charge in [-0.05, 0) is 44.9 Å². The largest absolute Gasteiger partial charge is 0.461 e. The van der Waals surface area contributed by atoms with E-state index in [1.807, 2.05) is 30.3 Å². The Morgan fingerprint density at radius 3 is 2.44 bits per heavy atom. The van der Waals surface area contributed by atoms with Crippen LogP contribution in [0, 0.1) is 0 Å². The maximum atomic E-state index is 13.2. The van der Waals surface area contributed by atoms with Gasteiger partial charge >= 0.3 is 12.1 Å². The predicted molar refractivity (Wildman–Crippen MR) is 117 cm³/mol. The first-order chi connectivity index (χ1) is 15.2. The van der Waals surface area contributed by atoms with Crippen LogP contribution in [0.4, 0.5) is 4.79 Å². The molecular formula is C23H26N4O5. The molecule has 0 aliphatic carbocycles. The molecule has 0 fully saturated rings. The standard InChI is InChI=1S/C23H26N4O5/c1-23(2,3)32-22(30)24-18(13-14-20(28)31-15-16-9-5-4-6-10-16)21(29)27-19-12-8-7-11-17(19)25-26-27/h4-12,18H,13-15H2,1-3H3,(H,24,30)/t18-/m0/s1. The van der Waals surface area contributed by atoms with E-state index in [2.05, 4.69) is 15.6 Å². The lowest BCUT2D eigenvalue weighted by Gasteiger charge is -2.23. The number of amides is 1. The molecule has 1 aromatic heterocycles. The lowest BCUT2D eigenvalue weighted by atomic mass is 10.1. The van der Waals surface area contributed by atoms with Crippen molar-refractivity contribution in [2.24, 2.45) is 0 Å². The van der Waals surface area contributed by atoms with Crippen molar-refractivity contribution in [3.05, 3.63) is 60.2 Å². The number of nitrogens with one attached hydrogen (secondary N) is 1. The van der Waals surface area contributed by atoms with Gasteiger partial charge in [-0.15, -0.1) is 5.10 Å². The van der Waals surface area contributed by atoms with Gasteiger partial charge < -0.3 is 14.8 Å². The van der Waals surface area contributed by atoms with Gasteiger partial charge in [0.05, 0.1) is 5.52 Å². The number of fused-ring (bicyclic) bond motifs is 1. The average molecular weight is 438 g/mol. The second kappa shape index (κ2) is 10.0. The Labute approximate surface area is 185 Å². The van der Waals surface area contributed by atoms with Crippen LogP contribution in [0.15, 0.2) is 54.6 Å². The van der Waals surface area contributed by atoms with E-state index < -0.39 is 29.6 Å². The topological polar surface area (TPSA) is 112 Å². The monoisotopic (exact) mass is 438 g/mol. The number of para-hydroxylation sites is 1. The van der Waals surface area contributed by atoms with Crippen molar-refractivity contribution >= 4 is 29.0 Å². The molecule has 3 rings (SSSR count). The minimum Gasteiger partial charge on any atom is -0.461 e. The molecule has 0 aliphatic heterocycles. The fourth-order valence-electron chi connectivity index (χ4n) is 2.96. The average Bonchev–Trinajstić information content (AvgIpc) is 3.18. The third kappa shape index (κ3) is 6.37. The van der Waals surface area contributed by atoms with Crippen molar-refractivity contribution in [3.8, 4) is 0 Å². The lowest BCUT2D eigenvalue weighted by molar-refractivity contribution is -0.145. The SMILES string of the molecule is CC(C)(C)OC(=O)N[C@@H](CCC(=O)OCc1ccccc1)C(=O)n1nnc2ccccc21. The molecule has 0 saturated carbocycles. The van der Waals surface area contributed by atoms with Crippen LogP contribution in [0.5, 0.6) is 0 Å². The van der Waals surface area contributed by atoms with Crippen LogP contribution in [-0.2, 0) is 20.9 Å². The molecule has 1 amide bonds. The van der Waals surface area contributed by atoms with Crippen LogP contribution in [-0.4, -0.2) is 44.6 Å². The highest BCUT2D eigenvalue weighted by Gasteiger charge is 2.28. The molecule has 3 aromatic rings. The van der Waals surface area contributed by atoms with Crippen LogP contribution >= 0.6 is 0 Å². The first-order valence-corrected chi connectivity index (χ1v) is 10.3. The maximum absolute atomic E-state index is 13.2. The Hall–Kier alpha value is -3.75. The van der Waals surface area contributed by atoms with Crippen molar-refractivity contribution in [1.29, 1.82) is 0 Å². The van der Waals surface area contributed by atoms with E-state index in [1.54, 1.807) is 45.0 Å². The number of alkyl carbamates (subject to hydrolysis) is 1. The summed E-state index contributed by atoms with van der Waals surface area (Å²) in [7, 11) is 0. The number of benzene rings is 2. The second-order valence-electron chi connectivity index (χ2n) is 8.21. The highest BCUT2D eigenvalue weighted by Crippen LogP contribution is 2.14. The van der Waals surface area contributed by atoms with E-state index in [9.17, 15) is 14.4 Å². The number of aromatic nitrogens is 3. The summed E-state index contributed by atoms with van der Waals surface area (Å²) in [5.41, 5.74) is 1.15. The van der Waals surface area contributed by atoms with Crippen LogP contribution in [0.1, 0.15) is 44.0 Å². The van der Waals surface area contributed by atoms with Gasteiger partial charge in [0, 0.05) is 6.42 Å². The van der Waals surface area contributed by atoms with E-state index in [1.165, 1.54) is 0 Å². The molecule has 0 saturated heterocycles. The highest BCUT2D eigenvalue weighted by atomic mass is 16.6. The van der Waals surface area contributed by atoms with Crippen LogP contribution in [0.25, 0.3) is 11.0 Å². The molecule has 9 heteroatoms. The van der Waals surface area contributed by atoms with Crippen LogP contribution in [0.3, 0.4) is 0 Å². The molecule has 0 spiro atoms. The molecule has 9 nitrogen and oxygen atoms in total. The summed E-state index contributed by atoms with van der Waals surface area (Å²) in [6.45, 7) is 5.28. The summed E-state index contributed by atoms with van der Waals surface area (Å²) in [6.07, 6.45) is -0.830. The highest BCUT2D eigenvalue weighted by molar-refractivity contribution is 5.93. The van der Waals surface area contributed by atoms with Crippen molar-refractivity contribution in [2.45, 2.75) is 51.9 Å². The summed E-state index contributed by atoms with van der Waals surface area (Å²) in [6, 6.07) is 15.2. The second-order valence-corrected chi connectivity index (χ2v) is 8.21. The zero-order chi connectivity index (χ0) is 23.1. The third-order valence-electron chi connectivity index (χ3n) is 4.43. The molecule has 1 heterocycles. The summed E-state index contributed by atoms with van der Waals surface area (Å²) in [5.74, 6) is -1.01. The van der Waals surface area contributed by atoms with Crippen LogP contribution < -0.4 is 5.32 Å². The van der Waals surface area contributed by atoms with Gasteiger partial charge in [0.2, 0.25) is 0 Å². The predicted octanol–water partition coefficient (Wildman–Crippen LogP) is 3.49. The number of nitrogens with zero attached hydrogens (tertiary/aromatic N) is 3. The number of esters is 1. The van der Waals surface area contributed by atoms with E-state index in [4.69, 9.17) is 9.47 Å². The number of rotatable bonds is 7. The lowest BCUT2D eigenvalue weighted by Crippen LogP contribution is -2.45. The fourth-order valence-corrected chi connectivity index (χ4v) is 2.96. The first-order valence-electron chi connectivity index (χ1n) is 10.3. The van der Waals surface area contributed by atoms with Crippen LogP contribution in [0.2, 0.25) is 0 Å². The Morgan fingerprint density at radius 1 is 1.03 bits per heavy atom. The van der Waals surface area contributed by atoms with Crippen molar-refractivity contribution in [2.75, 3.05) is 0 Å². The molecule has 0 unspecified atom stereocenters. The van der Waals surface area contributed by atoms with Gasteiger partial charge in [-0.1, -0.05) is 47.7 Å². The maximum Gasteiger partial charge on any atom is 0.408 e. The molecule has 0 radical (unpaired) electrons. The quantitative estimate of drug-likeness (QED) is 0.562. The fraction of sp³-hybridized carbons (Fsp3) is 0.348. The van der Waals surface area contributed by atoms with E-state index in [0.717, 1.165) is 10.2 Å². The molecule has 1 N–H and O–H groups in total. The molecule has 1 atom stereocenters. The van der Waals surface area contributed by atoms with Gasteiger partial charge in [-0.3, -0.25) is 9.59 Å². The van der Waals surface area contributed by atoms with Gasteiger partial charge in [0.1, 0.15) is 23.8 Å². The Bertz CT molecular complexity index is 1090. The van der Waals surface area contributed by atoms with Crippen molar-refractivity contribution < 1.29 is 23.9 Å². The van der Waals surface area contributed by atoms with Crippen molar-refractivity contribution in [1.82, 2.24) is 20.3 Å². The molecule has 2 aromatic carbocycles. The zero-order valence-electron chi connectivity index (χ0n) is 18.3. The molecule has 0 bridgehead atoms. The third-order valence-corrected chi connectivity index (χ3v) is 4.43. The minimum absolute atomic E-state index is 0.0138. The van der Waals surface area contributed by atoms with Gasteiger partial charge in [0.25, 0.3) is 5.91 Å². The van der Waals surface area contributed by atoms with Crippen molar-refractivity contribution in [3.63, 3.8) is 0 Å². The summed E-state index contributed by atoms with van der Waals surface area (Å²) < 4.78 is 11.7. The molecule has 0 aliphatic rings. The number of hydrogen-bond acceptors (Lipinski definition) is 7. The van der Waals surface area contributed by atoms with E-state index >= 15 is 0 Å². The first kappa shape index (κ1) is 22.9. The molecule has 32 heavy (non-hydrogen) atoms. The van der Waals surface area contributed by atoms with E-state index in [-0.39, 0.29) is 19.4 Å². The Morgan fingerprint density at radius 2 is 1.72 bits per heavy atom. The zero-order valence-corrected chi connectivity index (χ0v) is 18.3. The minimum atomic E-state index is -1.06. The normalized spacial score (nSPS) is 12.2. The molecule has 168 valence electrons. The molecular weight excluding hydrogens is 412 g/mol. The van der Waals surface area contributed by atoms with Gasteiger partial charge in [0.15, 0.2) is 0 Å². The van der Waals surface area contributed by atoms with Gasteiger partial charge in [-0.2, -0.15) is 4.68 Å². The number of hydrogen-bond donors (Lipinski definition) is 1. The number of ether oxygens (including phenoxy) is 2. The van der Waals surface area contributed by atoms with E-state index in [0.29, 0.717) is 11.0 Å². The van der Waals surface area contributed by atoms with Gasteiger partial charge in [-0.25, -0.2) is 4.79 Å². The summed E-state index contributed by atoms with van der Waals surface area (Å²) in [5, 5.41) is 10.4. The smallest absolute Gasteiger partial charge is 0.408 e. The Balaban J connectivity index is 1.69. The summed E-state index contributed by atoms with van der Waals surface area (Å²) >= 11 is 0. The number of carbonyl (C=O) groups is 3. The summed E-state index contributed by atoms with van der Waals surface area (Å²) in [4.78, 5) is 37.7. The number of carbonyl (C=O) groups excluding carboxylic acids is 3. The Kier molecular flexibility index (Phi) is 7.19.